The number of hydrogen-bond acceptors (Lipinski definition) is 1. The highest BCUT2D eigenvalue weighted by atomic mass is 16.3. The summed E-state index contributed by atoms with van der Waals surface area (Å²) < 4.78 is 0. The summed E-state index contributed by atoms with van der Waals surface area (Å²) in [6, 6.07) is 20.5. The molecule has 0 aliphatic carbocycles. The van der Waals surface area contributed by atoms with E-state index in [0.29, 0.717) is 19.3 Å². The second-order valence-electron chi connectivity index (χ2n) is 7.84. The second-order valence-corrected chi connectivity index (χ2v) is 7.84. The van der Waals surface area contributed by atoms with Gasteiger partial charge in [-0.05, 0) is 49.1 Å². The van der Waals surface area contributed by atoms with Gasteiger partial charge < -0.3 is 5.11 Å². The minimum atomic E-state index is -1.04. The van der Waals surface area contributed by atoms with Crippen LogP contribution in [0.5, 0.6) is 0 Å². The Labute approximate surface area is 176 Å². The van der Waals surface area contributed by atoms with Crippen LogP contribution in [0.1, 0.15) is 43.2 Å². The first kappa shape index (κ1) is 22.6. The molecule has 2 rings (SSSR count). The van der Waals surface area contributed by atoms with Gasteiger partial charge in [0, 0.05) is 5.41 Å². The summed E-state index contributed by atoms with van der Waals surface area (Å²) in [5, 5.41) is 12.3. The van der Waals surface area contributed by atoms with Gasteiger partial charge in [0.2, 0.25) is 0 Å². The molecule has 1 heteroatoms. The van der Waals surface area contributed by atoms with E-state index in [1.165, 1.54) is 5.56 Å². The SMILES string of the molecule is C=CCC(CC=C)C(O)(CC(CC=C)(CC=C)c1ccccc1)c1ccccc1. The molecule has 1 atom stereocenters. The van der Waals surface area contributed by atoms with Crippen molar-refractivity contribution in [1.82, 2.24) is 0 Å². The first-order valence-electron chi connectivity index (χ1n) is 10.3. The Morgan fingerprint density at radius 1 is 0.690 bits per heavy atom. The highest BCUT2D eigenvalue weighted by Crippen LogP contribution is 2.48. The third kappa shape index (κ3) is 5.25. The molecule has 0 aromatic heterocycles. The molecule has 1 nitrogen and oxygen atoms in total. The average Bonchev–Trinajstić information content (AvgIpc) is 2.75. The van der Waals surface area contributed by atoms with Crippen LogP contribution in [0.4, 0.5) is 0 Å². The van der Waals surface area contributed by atoms with Gasteiger partial charge in [0.1, 0.15) is 0 Å². The molecule has 0 radical (unpaired) electrons. The Hall–Kier alpha value is -2.64. The Kier molecular flexibility index (Phi) is 8.42. The van der Waals surface area contributed by atoms with Crippen molar-refractivity contribution >= 4 is 0 Å². The van der Waals surface area contributed by atoms with E-state index in [0.717, 1.165) is 18.4 Å². The van der Waals surface area contributed by atoms with Crippen LogP contribution in [0.2, 0.25) is 0 Å². The van der Waals surface area contributed by atoms with Gasteiger partial charge in [-0.15, -0.1) is 26.3 Å². The van der Waals surface area contributed by atoms with Crippen molar-refractivity contribution in [3.8, 4) is 0 Å². The summed E-state index contributed by atoms with van der Waals surface area (Å²) in [6.07, 6.45) is 11.2. The molecule has 0 spiro atoms. The lowest BCUT2D eigenvalue weighted by Gasteiger charge is -2.45. The van der Waals surface area contributed by atoms with Crippen molar-refractivity contribution < 1.29 is 5.11 Å². The molecule has 152 valence electrons. The third-order valence-corrected chi connectivity index (χ3v) is 5.92. The highest BCUT2D eigenvalue weighted by molar-refractivity contribution is 5.32. The maximum Gasteiger partial charge on any atom is 0.0939 e. The molecular formula is C28H34O. The van der Waals surface area contributed by atoms with Crippen molar-refractivity contribution in [3.63, 3.8) is 0 Å². The fourth-order valence-electron chi connectivity index (χ4n) is 4.52. The lowest BCUT2D eigenvalue weighted by Crippen LogP contribution is -2.43. The Morgan fingerprint density at radius 3 is 1.55 bits per heavy atom. The maximum atomic E-state index is 12.3. The topological polar surface area (TPSA) is 20.2 Å². The molecule has 1 unspecified atom stereocenters. The number of benzene rings is 2. The van der Waals surface area contributed by atoms with Gasteiger partial charge in [-0.2, -0.15) is 0 Å². The molecule has 1 N–H and O–H groups in total. The summed E-state index contributed by atoms with van der Waals surface area (Å²) in [7, 11) is 0. The van der Waals surface area contributed by atoms with Gasteiger partial charge in [0.25, 0.3) is 0 Å². The predicted octanol–water partition coefficient (Wildman–Crippen LogP) is 7.12. The highest BCUT2D eigenvalue weighted by Gasteiger charge is 2.45. The fraction of sp³-hybridized carbons (Fsp3) is 0.286. The Morgan fingerprint density at radius 2 is 1.14 bits per heavy atom. The second kappa shape index (κ2) is 10.8. The number of hydrogen-bond donors (Lipinski definition) is 1. The zero-order valence-electron chi connectivity index (χ0n) is 17.5. The van der Waals surface area contributed by atoms with E-state index in [9.17, 15) is 5.11 Å². The molecular weight excluding hydrogens is 352 g/mol. The first-order chi connectivity index (χ1) is 14.1. The summed E-state index contributed by atoms with van der Waals surface area (Å²) in [4.78, 5) is 0. The molecule has 0 aliphatic heterocycles. The molecule has 2 aromatic carbocycles. The van der Waals surface area contributed by atoms with Crippen LogP contribution in [0.25, 0.3) is 0 Å². The van der Waals surface area contributed by atoms with E-state index in [4.69, 9.17) is 0 Å². The summed E-state index contributed by atoms with van der Waals surface area (Å²) in [5.74, 6) is -0.0161. The van der Waals surface area contributed by atoms with Crippen LogP contribution in [-0.4, -0.2) is 5.11 Å². The first-order valence-corrected chi connectivity index (χ1v) is 10.3. The number of rotatable bonds is 13. The van der Waals surface area contributed by atoms with Crippen molar-refractivity contribution in [2.24, 2.45) is 5.92 Å². The summed E-state index contributed by atoms with van der Waals surface area (Å²) in [5.41, 5.74) is 0.800. The van der Waals surface area contributed by atoms with E-state index in [1.807, 2.05) is 60.7 Å². The molecule has 0 fully saturated rings. The van der Waals surface area contributed by atoms with Crippen molar-refractivity contribution in [1.29, 1.82) is 0 Å². The molecule has 0 bridgehead atoms. The van der Waals surface area contributed by atoms with E-state index in [1.54, 1.807) is 0 Å². The van der Waals surface area contributed by atoms with Crippen LogP contribution >= 0.6 is 0 Å². The number of aliphatic hydroxyl groups is 1. The van der Waals surface area contributed by atoms with E-state index in [2.05, 4.69) is 50.6 Å². The standard InChI is InChI=1S/C28H34O/c1-5-15-25(16-6-2)28(29,26-19-13-10-14-20-26)23-27(21-7-3,22-8-4)24-17-11-9-12-18-24/h5-14,17-20,25,29H,1-4,15-16,21-23H2. The fourth-order valence-corrected chi connectivity index (χ4v) is 4.52. The smallest absolute Gasteiger partial charge is 0.0939 e. The van der Waals surface area contributed by atoms with E-state index in [-0.39, 0.29) is 11.3 Å². The van der Waals surface area contributed by atoms with Crippen LogP contribution in [0, 0.1) is 5.92 Å². The summed E-state index contributed by atoms with van der Waals surface area (Å²) >= 11 is 0. The molecule has 0 saturated carbocycles. The van der Waals surface area contributed by atoms with Crippen LogP contribution in [0.3, 0.4) is 0 Å². The molecule has 29 heavy (non-hydrogen) atoms. The zero-order valence-corrected chi connectivity index (χ0v) is 17.5. The minimum absolute atomic E-state index is 0.0161. The Balaban J connectivity index is 2.66. The van der Waals surface area contributed by atoms with Crippen molar-refractivity contribution in [2.75, 3.05) is 0 Å². The van der Waals surface area contributed by atoms with E-state index < -0.39 is 5.60 Å². The largest absolute Gasteiger partial charge is 0.385 e. The normalized spacial score (nSPS) is 13.4. The van der Waals surface area contributed by atoms with Crippen LogP contribution < -0.4 is 0 Å². The lowest BCUT2D eigenvalue weighted by atomic mass is 9.62. The maximum absolute atomic E-state index is 12.3. The summed E-state index contributed by atoms with van der Waals surface area (Å²) in [6.45, 7) is 15.9. The van der Waals surface area contributed by atoms with Gasteiger partial charge in [-0.25, -0.2) is 0 Å². The molecule has 0 aliphatic rings. The van der Waals surface area contributed by atoms with E-state index >= 15 is 0 Å². The van der Waals surface area contributed by atoms with Crippen molar-refractivity contribution in [3.05, 3.63) is 122 Å². The van der Waals surface area contributed by atoms with Gasteiger partial charge in [-0.1, -0.05) is 85.0 Å². The number of allylic oxidation sites excluding steroid dienone is 4. The Bertz CT molecular complexity index is 770. The predicted molar refractivity (Wildman–Crippen MR) is 126 cm³/mol. The average molecular weight is 387 g/mol. The van der Waals surface area contributed by atoms with Gasteiger partial charge in [0.05, 0.1) is 5.60 Å². The lowest BCUT2D eigenvalue weighted by molar-refractivity contribution is -0.0496. The third-order valence-electron chi connectivity index (χ3n) is 5.92. The van der Waals surface area contributed by atoms with Crippen LogP contribution in [-0.2, 0) is 11.0 Å². The molecule has 2 aromatic rings. The molecule has 0 heterocycles. The van der Waals surface area contributed by atoms with Gasteiger partial charge in [0.15, 0.2) is 0 Å². The van der Waals surface area contributed by atoms with Gasteiger partial charge >= 0.3 is 0 Å². The van der Waals surface area contributed by atoms with Crippen LogP contribution in [0.15, 0.2) is 111 Å². The van der Waals surface area contributed by atoms with Gasteiger partial charge in [-0.3, -0.25) is 0 Å². The van der Waals surface area contributed by atoms with Crippen molar-refractivity contribution in [2.45, 2.75) is 43.1 Å². The quantitative estimate of drug-likeness (QED) is 0.363. The minimum Gasteiger partial charge on any atom is -0.385 e. The monoisotopic (exact) mass is 386 g/mol. The molecule has 0 saturated heterocycles. The zero-order chi connectivity index (χ0) is 21.2. The molecule has 0 amide bonds.